The predicted octanol–water partition coefficient (Wildman–Crippen LogP) is 3.41. The highest BCUT2D eigenvalue weighted by Crippen LogP contribution is 2.26. The van der Waals surface area contributed by atoms with Crippen molar-refractivity contribution in [3.05, 3.63) is 60.2 Å². The zero-order chi connectivity index (χ0) is 15.5. The molecule has 0 aliphatic rings. The van der Waals surface area contributed by atoms with E-state index in [0.29, 0.717) is 12.0 Å². The topological polar surface area (TPSA) is 51.2 Å². The summed E-state index contributed by atoms with van der Waals surface area (Å²) in [6, 6.07) is 15.1. The van der Waals surface area contributed by atoms with Crippen molar-refractivity contribution in [2.45, 2.75) is 28.0 Å². The third-order valence-corrected chi connectivity index (χ3v) is 5.99. The molecule has 110 valence electrons. The molecular weight excluding hydrogens is 352 g/mol. The first-order valence-corrected chi connectivity index (χ1v) is 8.85. The van der Waals surface area contributed by atoms with Crippen LogP contribution in [0.15, 0.2) is 64.4 Å². The fourth-order valence-corrected chi connectivity index (χ4v) is 3.87. The van der Waals surface area contributed by atoms with E-state index in [0.717, 1.165) is 0 Å². The summed E-state index contributed by atoms with van der Waals surface area (Å²) in [5.74, 6) is -0.0260. The summed E-state index contributed by atoms with van der Waals surface area (Å²) in [4.78, 5) is 11.5. The molecule has 0 saturated heterocycles. The van der Waals surface area contributed by atoms with E-state index in [1.165, 1.54) is 6.92 Å². The smallest absolute Gasteiger partial charge is 0.206 e. The Hall–Kier alpha value is -1.46. The molecular formula is C16H15BrO3S. The number of hydrogen-bond donors (Lipinski definition) is 0. The Labute approximate surface area is 133 Å². The average molecular weight is 367 g/mol. The van der Waals surface area contributed by atoms with Crippen LogP contribution in [0.2, 0.25) is 0 Å². The summed E-state index contributed by atoms with van der Waals surface area (Å²) < 4.78 is 25.4. The van der Waals surface area contributed by atoms with Crippen molar-refractivity contribution in [2.75, 3.05) is 0 Å². The van der Waals surface area contributed by atoms with Gasteiger partial charge in [-0.2, -0.15) is 0 Å². The largest absolute Gasteiger partial charge is 0.299 e. The van der Waals surface area contributed by atoms with Crippen LogP contribution in [0, 0.1) is 0 Å². The van der Waals surface area contributed by atoms with Gasteiger partial charge < -0.3 is 0 Å². The molecule has 5 heteroatoms. The molecule has 0 aliphatic carbocycles. The Morgan fingerprint density at radius 2 is 1.62 bits per heavy atom. The normalized spacial score (nSPS) is 12.9. The van der Waals surface area contributed by atoms with E-state index in [4.69, 9.17) is 0 Å². The van der Waals surface area contributed by atoms with Crippen LogP contribution in [0.4, 0.5) is 0 Å². The Bertz CT molecular complexity index is 739. The van der Waals surface area contributed by atoms with Crippen LogP contribution in [0.1, 0.15) is 12.5 Å². The first-order chi connectivity index (χ1) is 9.93. The number of carbonyl (C=O) groups is 1. The van der Waals surface area contributed by atoms with Gasteiger partial charge in [-0.3, -0.25) is 4.79 Å². The molecule has 0 unspecified atom stereocenters. The number of benzene rings is 2. The van der Waals surface area contributed by atoms with Crippen molar-refractivity contribution >= 4 is 31.6 Å². The molecule has 21 heavy (non-hydrogen) atoms. The number of carbonyl (C=O) groups excluding carboxylic acids is 1. The molecule has 0 fully saturated rings. The van der Waals surface area contributed by atoms with Gasteiger partial charge in [0.2, 0.25) is 9.84 Å². The van der Waals surface area contributed by atoms with Gasteiger partial charge in [0.25, 0.3) is 0 Å². The van der Waals surface area contributed by atoms with Gasteiger partial charge in [0.05, 0.1) is 14.6 Å². The third-order valence-electron chi connectivity index (χ3n) is 3.16. The van der Waals surface area contributed by atoms with Gasteiger partial charge in [0.15, 0.2) is 0 Å². The van der Waals surface area contributed by atoms with Crippen molar-refractivity contribution in [3.8, 4) is 0 Å². The Morgan fingerprint density at radius 1 is 1.05 bits per heavy atom. The Kier molecular flexibility index (Phi) is 4.96. The van der Waals surface area contributed by atoms with Gasteiger partial charge in [0.1, 0.15) is 5.78 Å². The van der Waals surface area contributed by atoms with E-state index in [-0.39, 0.29) is 20.4 Å². The molecule has 0 heterocycles. The summed E-state index contributed by atoms with van der Waals surface area (Å²) in [6.45, 7) is 1.48. The molecule has 2 rings (SSSR count). The maximum absolute atomic E-state index is 12.7. The van der Waals surface area contributed by atoms with Crippen molar-refractivity contribution in [1.82, 2.24) is 0 Å². The van der Waals surface area contributed by atoms with Crippen molar-refractivity contribution in [1.29, 1.82) is 0 Å². The highest BCUT2D eigenvalue weighted by molar-refractivity contribution is 9.10. The van der Waals surface area contributed by atoms with Crippen molar-refractivity contribution in [2.24, 2.45) is 0 Å². The van der Waals surface area contributed by atoms with Crippen LogP contribution in [0.3, 0.4) is 0 Å². The minimum absolute atomic E-state index is 0.0260. The van der Waals surface area contributed by atoms with E-state index < -0.39 is 9.84 Å². The lowest BCUT2D eigenvalue weighted by atomic mass is 10.1. The van der Waals surface area contributed by atoms with E-state index in [1.807, 2.05) is 0 Å². The van der Waals surface area contributed by atoms with Gasteiger partial charge >= 0.3 is 0 Å². The van der Waals surface area contributed by atoms with Gasteiger partial charge in [-0.25, -0.2) is 8.42 Å². The maximum Gasteiger partial charge on any atom is 0.206 e. The van der Waals surface area contributed by atoms with Crippen LogP contribution in [0.5, 0.6) is 0 Å². The third kappa shape index (κ3) is 3.60. The molecule has 0 N–H and O–H groups in total. The fourth-order valence-electron chi connectivity index (χ4n) is 2.00. The Balaban J connectivity index is 2.48. The standard InChI is InChI=1S/C16H15BrO3S/c1-12(18)15(17)11-13-7-5-6-10-16(13)21(19,20)14-8-3-2-4-9-14/h2-10,15H,11H2,1H3/t15-/m0/s1. The first-order valence-electron chi connectivity index (χ1n) is 6.45. The van der Waals surface area contributed by atoms with Crippen LogP contribution in [0.25, 0.3) is 0 Å². The molecule has 0 aliphatic heterocycles. The van der Waals surface area contributed by atoms with Crippen molar-refractivity contribution < 1.29 is 13.2 Å². The highest BCUT2D eigenvalue weighted by Gasteiger charge is 2.22. The fraction of sp³-hybridized carbons (Fsp3) is 0.188. The average Bonchev–Trinajstić information content (AvgIpc) is 2.48. The first kappa shape index (κ1) is 15.9. The number of rotatable bonds is 5. The number of hydrogen-bond acceptors (Lipinski definition) is 3. The quantitative estimate of drug-likeness (QED) is 0.761. The van der Waals surface area contributed by atoms with Crippen LogP contribution >= 0.6 is 15.9 Å². The second kappa shape index (κ2) is 6.54. The van der Waals surface area contributed by atoms with E-state index in [9.17, 15) is 13.2 Å². The molecule has 2 aromatic carbocycles. The molecule has 3 nitrogen and oxygen atoms in total. The second-order valence-corrected chi connectivity index (χ2v) is 7.73. The Morgan fingerprint density at radius 3 is 2.24 bits per heavy atom. The van der Waals surface area contributed by atoms with E-state index in [2.05, 4.69) is 15.9 Å². The van der Waals surface area contributed by atoms with E-state index >= 15 is 0 Å². The van der Waals surface area contributed by atoms with Crippen LogP contribution in [-0.2, 0) is 21.1 Å². The number of alkyl halides is 1. The zero-order valence-corrected chi connectivity index (χ0v) is 13.9. The van der Waals surface area contributed by atoms with Gasteiger partial charge in [-0.05, 0) is 37.1 Å². The highest BCUT2D eigenvalue weighted by atomic mass is 79.9. The maximum atomic E-state index is 12.7. The zero-order valence-electron chi connectivity index (χ0n) is 11.5. The number of ketones is 1. The molecule has 0 amide bonds. The molecule has 1 atom stereocenters. The summed E-state index contributed by atoms with van der Waals surface area (Å²) in [6.07, 6.45) is 0.345. The summed E-state index contributed by atoms with van der Waals surface area (Å²) >= 11 is 3.29. The number of Topliss-reactive ketones (excluding diaryl/α,β-unsaturated/α-hetero) is 1. The van der Waals surface area contributed by atoms with Gasteiger partial charge in [-0.1, -0.05) is 52.3 Å². The second-order valence-electron chi connectivity index (χ2n) is 4.71. The lowest BCUT2D eigenvalue weighted by Gasteiger charge is -2.12. The lowest BCUT2D eigenvalue weighted by Crippen LogP contribution is -2.15. The molecule has 0 aromatic heterocycles. The SMILES string of the molecule is CC(=O)[C@@H](Br)Cc1ccccc1S(=O)(=O)c1ccccc1. The molecule has 2 aromatic rings. The monoisotopic (exact) mass is 366 g/mol. The number of sulfone groups is 1. The number of halogens is 1. The lowest BCUT2D eigenvalue weighted by molar-refractivity contribution is -0.116. The minimum Gasteiger partial charge on any atom is -0.299 e. The minimum atomic E-state index is -3.57. The summed E-state index contributed by atoms with van der Waals surface area (Å²) in [5.41, 5.74) is 0.637. The van der Waals surface area contributed by atoms with Crippen LogP contribution < -0.4 is 0 Å². The molecule has 0 bridgehead atoms. The van der Waals surface area contributed by atoms with E-state index in [1.54, 1.807) is 54.6 Å². The molecule has 0 radical (unpaired) electrons. The summed E-state index contributed by atoms with van der Waals surface area (Å²) in [7, 11) is -3.57. The predicted molar refractivity (Wildman–Crippen MR) is 85.4 cm³/mol. The molecule has 0 spiro atoms. The molecule has 0 saturated carbocycles. The van der Waals surface area contributed by atoms with Crippen LogP contribution in [-0.4, -0.2) is 19.0 Å². The van der Waals surface area contributed by atoms with Gasteiger partial charge in [0, 0.05) is 0 Å². The summed E-state index contributed by atoms with van der Waals surface area (Å²) in [5, 5.41) is 0. The van der Waals surface area contributed by atoms with Crippen molar-refractivity contribution in [3.63, 3.8) is 0 Å². The van der Waals surface area contributed by atoms with Gasteiger partial charge in [-0.15, -0.1) is 0 Å².